The third-order valence-electron chi connectivity index (χ3n) is 4.74. The van der Waals surface area contributed by atoms with Gasteiger partial charge in [-0.15, -0.1) is 0 Å². The minimum absolute atomic E-state index is 0.0865. The minimum Gasteiger partial charge on any atom is -0.331 e. The number of carbonyl (C=O) groups is 1. The molecule has 0 aliphatic heterocycles. The lowest BCUT2D eigenvalue weighted by molar-refractivity contribution is -0.137. The molecule has 0 fully saturated rings. The molecule has 3 rings (SSSR count). The molecule has 4 nitrogen and oxygen atoms in total. The summed E-state index contributed by atoms with van der Waals surface area (Å²) in [5.41, 5.74) is 1.74. The molecule has 0 bridgehead atoms. The summed E-state index contributed by atoms with van der Waals surface area (Å²) in [6.45, 7) is 5.07. The number of hydrogen-bond acceptors (Lipinski definition) is 2. The Labute approximate surface area is 167 Å². The molecule has 1 heterocycles. The molecule has 0 aliphatic carbocycles. The summed E-state index contributed by atoms with van der Waals surface area (Å²) >= 11 is 0. The van der Waals surface area contributed by atoms with Crippen LogP contribution in [0.5, 0.6) is 0 Å². The molecule has 2 aromatic carbocycles. The fraction of sp³-hybridized carbons (Fsp3) is 0.273. The van der Waals surface area contributed by atoms with Gasteiger partial charge in [0.1, 0.15) is 5.82 Å². The number of rotatable bonds is 6. The number of halogens is 3. The van der Waals surface area contributed by atoms with E-state index in [9.17, 15) is 18.0 Å². The van der Waals surface area contributed by atoms with Crippen molar-refractivity contribution in [2.75, 3.05) is 6.54 Å². The van der Waals surface area contributed by atoms with Crippen molar-refractivity contribution < 1.29 is 18.0 Å². The van der Waals surface area contributed by atoms with Crippen LogP contribution in [0.4, 0.5) is 13.2 Å². The number of aryl methyl sites for hydroxylation is 1. The van der Waals surface area contributed by atoms with Gasteiger partial charge in [0, 0.05) is 31.0 Å². The van der Waals surface area contributed by atoms with Crippen molar-refractivity contribution in [1.29, 1.82) is 0 Å². The summed E-state index contributed by atoms with van der Waals surface area (Å²) in [7, 11) is 0. The Kier molecular flexibility index (Phi) is 6.06. The maximum absolute atomic E-state index is 12.8. The zero-order valence-electron chi connectivity index (χ0n) is 16.3. The number of alkyl halides is 3. The van der Waals surface area contributed by atoms with Gasteiger partial charge in [0.15, 0.2) is 0 Å². The largest absolute Gasteiger partial charge is 0.416 e. The van der Waals surface area contributed by atoms with Crippen molar-refractivity contribution in [3.63, 3.8) is 0 Å². The van der Waals surface area contributed by atoms with E-state index >= 15 is 0 Å². The van der Waals surface area contributed by atoms with Gasteiger partial charge in [-0.25, -0.2) is 4.98 Å². The van der Waals surface area contributed by atoms with Gasteiger partial charge in [-0.05, 0) is 43.7 Å². The number of hydrogen-bond donors (Lipinski definition) is 0. The smallest absolute Gasteiger partial charge is 0.331 e. The maximum atomic E-state index is 12.8. The second-order valence-corrected chi connectivity index (χ2v) is 6.85. The third kappa shape index (κ3) is 5.04. The highest BCUT2D eigenvalue weighted by Crippen LogP contribution is 2.29. The predicted octanol–water partition coefficient (Wildman–Crippen LogP) is 4.92. The Morgan fingerprint density at radius 3 is 2.31 bits per heavy atom. The summed E-state index contributed by atoms with van der Waals surface area (Å²) in [5, 5.41) is 0. The van der Waals surface area contributed by atoms with E-state index in [4.69, 9.17) is 0 Å². The molecule has 152 valence electrons. The van der Waals surface area contributed by atoms with Gasteiger partial charge in [0.25, 0.3) is 5.91 Å². The first-order chi connectivity index (χ1) is 13.8. The van der Waals surface area contributed by atoms with Crippen LogP contribution in [0, 0.1) is 6.92 Å². The number of nitrogens with zero attached hydrogens (tertiary/aromatic N) is 3. The van der Waals surface area contributed by atoms with Crippen LogP contribution in [0.2, 0.25) is 0 Å². The normalized spacial score (nSPS) is 11.5. The molecule has 0 atom stereocenters. The summed E-state index contributed by atoms with van der Waals surface area (Å²) in [4.78, 5) is 18.8. The van der Waals surface area contributed by atoms with Gasteiger partial charge in [-0.1, -0.05) is 29.8 Å². The molecule has 0 saturated carbocycles. The Hall–Kier alpha value is -3.09. The van der Waals surface area contributed by atoms with Crippen LogP contribution in [0.25, 0.3) is 0 Å². The molecule has 7 heteroatoms. The molecule has 0 saturated heterocycles. The first-order valence-electron chi connectivity index (χ1n) is 9.30. The first kappa shape index (κ1) is 20.6. The van der Waals surface area contributed by atoms with Crippen molar-refractivity contribution in [1.82, 2.24) is 14.5 Å². The second-order valence-electron chi connectivity index (χ2n) is 6.85. The Bertz CT molecular complexity index is 960. The molecule has 1 aromatic heterocycles. The van der Waals surface area contributed by atoms with E-state index in [-0.39, 0.29) is 5.91 Å². The van der Waals surface area contributed by atoms with Crippen LogP contribution in [0.3, 0.4) is 0 Å². The van der Waals surface area contributed by atoms with Gasteiger partial charge >= 0.3 is 6.18 Å². The van der Waals surface area contributed by atoms with Gasteiger partial charge in [0.05, 0.1) is 12.1 Å². The number of aromatic nitrogens is 2. The van der Waals surface area contributed by atoms with E-state index in [0.29, 0.717) is 31.0 Å². The molecular formula is C22H22F3N3O. The van der Waals surface area contributed by atoms with Gasteiger partial charge in [0.2, 0.25) is 0 Å². The standard InChI is InChI=1S/C22H22F3N3O/c1-3-27(21(29)18-8-4-16(2)5-9-18)15-20-26-12-13-28(20)14-17-6-10-19(11-7-17)22(23,24)25/h4-13H,3,14-15H2,1-2H3. The molecule has 0 unspecified atom stereocenters. The van der Waals surface area contributed by atoms with Crippen molar-refractivity contribution in [3.05, 3.63) is 89.0 Å². The lowest BCUT2D eigenvalue weighted by Crippen LogP contribution is -2.31. The SMILES string of the molecule is CCN(Cc1nccn1Cc1ccc(C(F)(F)F)cc1)C(=O)c1ccc(C)cc1. The maximum Gasteiger partial charge on any atom is 0.416 e. The Balaban J connectivity index is 1.73. The van der Waals surface area contributed by atoms with Crippen molar-refractivity contribution in [2.45, 2.75) is 33.1 Å². The molecule has 3 aromatic rings. The Morgan fingerprint density at radius 2 is 1.72 bits per heavy atom. The van der Waals surface area contributed by atoms with E-state index in [2.05, 4.69) is 4.98 Å². The van der Waals surface area contributed by atoms with Crippen LogP contribution < -0.4 is 0 Å². The average Bonchev–Trinajstić information content (AvgIpc) is 3.12. The van der Waals surface area contributed by atoms with Crippen LogP contribution in [-0.4, -0.2) is 26.9 Å². The summed E-state index contributed by atoms with van der Waals surface area (Å²) < 4.78 is 40.0. The molecule has 1 amide bonds. The molecular weight excluding hydrogens is 379 g/mol. The number of amides is 1. The minimum atomic E-state index is -4.35. The second kappa shape index (κ2) is 8.51. The molecule has 0 N–H and O–H groups in total. The lowest BCUT2D eigenvalue weighted by Gasteiger charge is -2.21. The monoisotopic (exact) mass is 401 g/mol. The highest BCUT2D eigenvalue weighted by Gasteiger charge is 2.29. The van der Waals surface area contributed by atoms with E-state index in [0.717, 1.165) is 23.3 Å². The van der Waals surface area contributed by atoms with E-state index in [1.54, 1.807) is 29.4 Å². The zero-order valence-corrected chi connectivity index (χ0v) is 16.3. The topological polar surface area (TPSA) is 38.1 Å². The number of carbonyl (C=O) groups excluding carboxylic acids is 1. The van der Waals surface area contributed by atoms with Crippen molar-refractivity contribution in [2.24, 2.45) is 0 Å². The van der Waals surface area contributed by atoms with E-state index in [1.807, 2.05) is 30.5 Å². The highest BCUT2D eigenvalue weighted by atomic mass is 19.4. The summed E-state index contributed by atoms with van der Waals surface area (Å²) in [5.74, 6) is 0.587. The molecule has 0 aliphatic rings. The number of benzene rings is 2. The van der Waals surface area contributed by atoms with Crippen LogP contribution in [0.1, 0.15) is 39.8 Å². The number of imidazole rings is 1. The molecule has 29 heavy (non-hydrogen) atoms. The lowest BCUT2D eigenvalue weighted by atomic mass is 10.1. The molecule has 0 spiro atoms. The summed E-state index contributed by atoms with van der Waals surface area (Å²) in [6, 6.07) is 12.5. The molecule has 0 radical (unpaired) electrons. The van der Waals surface area contributed by atoms with Gasteiger partial charge in [-0.3, -0.25) is 4.79 Å². The van der Waals surface area contributed by atoms with Crippen LogP contribution in [0.15, 0.2) is 60.9 Å². The average molecular weight is 401 g/mol. The van der Waals surface area contributed by atoms with Crippen LogP contribution >= 0.6 is 0 Å². The zero-order chi connectivity index (χ0) is 21.0. The fourth-order valence-electron chi connectivity index (χ4n) is 3.01. The summed E-state index contributed by atoms with van der Waals surface area (Å²) in [6.07, 6.45) is -0.961. The van der Waals surface area contributed by atoms with E-state index in [1.165, 1.54) is 12.1 Å². The van der Waals surface area contributed by atoms with Crippen molar-refractivity contribution >= 4 is 5.91 Å². The first-order valence-corrected chi connectivity index (χ1v) is 9.30. The third-order valence-corrected chi connectivity index (χ3v) is 4.74. The quantitative estimate of drug-likeness (QED) is 0.588. The van der Waals surface area contributed by atoms with Crippen LogP contribution in [-0.2, 0) is 19.3 Å². The Morgan fingerprint density at radius 1 is 1.07 bits per heavy atom. The van der Waals surface area contributed by atoms with E-state index < -0.39 is 11.7 Å². The predicted molar refractivity (Wildman–Crippen MR) is 104 cm³/mol. The van der Waals surface area contributed by atoms with Gasteiger partial charge in [-0.2, -0.15) is 13.2 Å². The highest BCUT2D eigenvalue weighted by molar-refractivity contribution is 5.94. The van der Waals surface area contributed by atoms with Gasteiger partial charge < -0.3 is 9.47 Å². The van der Waals surface area contributed by atoms with Crippen molar-refractivity contribution in [3.8, 4) is 0 Å². The fourth-order valence-corrected chi connectivity index (χ4v) is 3.01.